The third kappa shape index (κ3) is 5.55. The minimum atomic E-state index is 0. The van der Waals surface area contributed by atoms with Gasteiger partial charge in [-0.1, -0.05) is 13.3 Å². The normalized spacial score (nSPS) is 13.5. The van der Waals surface area contributed by atoms with Gasteiger partial charge in [-0.2, -0.15) is 0 Å². The maximum Gasteiger partial charge on any atom is 0.194 e. The lowest BCUT2D eigenvalue weighted by molar-refractivity contribution is 0.345. The Hall–Kier alpha value is -2.04. The van der Waals surface area contributed by atoms with Crippen LogP contribution < -0.4 is 14.8 Å². The number of rotatable bonds is 7. The molecule has 1 aromatic heterocycles. The van der Waals surface area contributed by atoms with Crippen molar-refractivity contribution in [1.82, 2.24) is 25.0 Å². The number of fused-ring (bicyclic) bond motifs is 1. The molecule has 2 heterocycles. The van der Waals surface area contributed by atoms with Crippen LogP contribution in [0.15, 0.2) is 17.1 Å². The van der Waals surface area contributed by atoms with Gasteiger partial charge >= 0.3 is 0 Å². The highest BCUT2D eigenvalue weighted by Crippen LogP contribution is 2.33. The van der Waals surface area contributed by atoms with E-state index < -0.39 is 0 Å². The molecular formula is C21H33IN6O2. The molecule has 8 nitrogen and oxygen atoms in total. The van der Waals surface area contributed by atoms with Crippen LogP contribution in [0.2, 0.25) is 0 Å². The van der Waals surface area contributed by atoms with Crippen molar-refractivity contribution in [2.24, 2.45) is 12.0 Å². The van der Waals surface area contributed by atoms with Crippen LogP contribution in [0.3, 0.4) is 0 Å². The monoisotopic (exact) mass is 528 g/mol. The van der Waals surface area contributed by atoms with E-state index in [0.29, 0.717) is 6.54 Å². The topological polar surface area (TPSA) is 76.8 Å². The first-order valence-electron chi connectivity index (χ1n) is 10.2. The van der Waals surface area contributed by atoms with Crippen molar-refractivity contribution >= 4 is 29.9 Å². The Balaban J connectivity index is 0.00000320. The van der Waals surface area contributed by atoms with Crippen molar-refractivity contribution in [3.63, 3.8) is 0 Å². The largest absolute Gasteiger partial charge is 0.493 e. The highest BCUT2D eigenvalue weighted by molar-refractivity contribution is 14.0. The summed E-state index contributed by atoms with van der Waals surface area (Å²) in [5.41, 5.74) is 2.55. The average Bonchev–Trinajstić information content (AvgIpc) is 3.06. The quantitative estimate of drug-likeness (QED) is 0.258. The van der Waals surface area contributed by atoms with E-state index in [2.05, 4.69) is 39.5 Å². The van der Waals surface area contributed by atoms with Gasteiger partial charge in [0, 0.05) is 26.7 Å². The van der Waals surface area contributed by atoms with Gasteiger partial charge in [-0.15, -0.1) is 34.2 Å². The van der Waals surface area contributed by atoms with Gasteiger partial charge in [0.2, 0.25) is 0 Å². The number of guanidine groups is 1. The van der Waals surface area contributed by atoms with Gasteiger partial charge < -0.3 is 24.3 Å². The van der Waals surface area contributed by atoms with Gasteiger partial charge in [0.1, 0.15) is 12.4 Å². The second kappa shape index (κ2) is 11.4. The molecule has 9 heteroatoms. The number of nitrogens with zero attached hydrogens (tertiary/aromatic N) is 5. The average molecular weight is 528 g/mol. The molecule has 0 amide bonds. The zero-order chi connectivity index (χ0) is 20.8. The Bertz CT molecular complexity index is 867. The van der Waals surface area contributed by atoms with Gasteiger partial charge in [-0.25, -0.2) is 4.99 Å². The maximum absolute atomic E-state index is 5.49. The van der Waals surface area contributed by atoms with Gasteiger partial charge in [0.05, 0.1) is 14.2 Å². The lowest BCUT2D eigenvalue weighted by Crippen LogP contribution is -2.44. The number of aliphatic imine (C=N–C) groups is 1. The number of nitrogens with one attached hydrogen (secondary N) is 1. The molecule has 3 rings (SSSR count). The Labute approximate surface area is 196 Å². The van der Waals surface area contributed by atoms with E-state index in [1.54, 1.807) is 14.2 Å². The number of aromatic nitrogens is 3. The van der Waals surface area contributed by atoms with E-state index in [4.69, 9.17) is 14.5 Å². The molecule has 0 radical (unpaired) electrons. The number of halogens is 1. The summed E-state index contributed by atoms with van der Waals surface area (Å²) in [6.07, 6.45) is 3.19. The summed E-state index contributed by atoms with van der Waals surface area (Å²) < 4.78 is 12.9. The van der Waals surface area contributed by atoms with Crippen molar-refractivity contribution in [3.05, 3.63) is 34.9 Å². The zero-order valence-corrected chi connectivity index (χ0v) is 20.9. The SMILES string of the molecule is CCCCNC(=NCc1nnc(C)n1C)N1CCc2cc(OC)c(OC)cc2C1.I. The molecule has 0 bridgehead atoms. The Morgan fingerprint density at radius 3 is 2.47 bits per heavy atom. The predicted octanol–water partition coefficient (Wildman–Crippen LogP) is 3.06. The van der Waals surface area contributed by atoms with E-state index in [-0.39, 0.29) is 24.0 Å². The van der Waals surface area contributed by atoms with Crippen LogP contribution in [-0.2, 0) is 26.6 Å². The number of benzene rings is 1. The standard InChI is InChI=1S/C21H32N6O2.HI/c1-6-7-9-22-21(23-13-20-25-24-15(2)26(20)3)27-10-8-16-11-18(28-4)19(29-5)12-17(16)14-27;/h11-12H,6-10,13-14H2,1-5H3,(H,22,23);1H. The lowest BCUT2D eigenvalue weighted by atomic mass is 9.99. The molecule has 2 aromatic rings. The third-order valence-corrected chi connectivity index (χ3v) is 5.38. The molecule has 0 fully saturated rings. The summed E-state index contributed by atoms with van der Waals surface area (Å²) in [5.74, 6) is 4.22. The highest BCUT2D eigenvalue weighted by Gasteiger charge is 2.22. The Kier molecular flexibility index (Phi) is 9.19. The molecule has 166 valence electrons. The third-order valence-electron chi connectivity index (χ3n) is 5.38. The summed E-state index contributed by atoms with van der Waals surface area (Å²) in [4.78, 5) is 7.16. The molecule has 30 heavy (non-hydrogen) atoms. The molecule has 0 atom stereocenters. The second-order valence-electron chi connectivity index (χ2n) is 7.29. The molecule has 0 unspecified atom stereocenters. The molecule has 1 aliphatic rings. The van der Waals surface area contributed by atoms with E-state index in [1.165, 1.54) is 11.1 Å². The smallest absolute Gasteiger partial charge is 0.194 e. The van der Waals surface area contributed by atoms with E-state index in [9.17, 15) is 0 Å². The minimum absolute atomic E-state index is 0. The van der Waals surface area contributed by atoms with Crippen LogP contribution in [0.5, 0.6) is 11.5 Å². The molecule has 0 spiro atoms. The Morgan fingerprint density at radius 1 is 1.17 bits per heavy atom. The summed E-state index contributed by atoms with van der Waals surface area (Å²) in [6.45, 7) is 7.23. The minimum Gasteiger partial charge on any atom is -0.493 e. The number of aryl methyl sites for hydroxylation is 1. The van der Waals surface area contributed by atoms with Crippen molar-refractivity contribution in [2.45, 2.75) is 46.2 Å². The number of methoxy groups -OCH3 is 2. The predicted molar refractivity (Wildman–Crippen MR) is 129 cm³/mol. The highest BCUT2D eigenvalue weighted by atomic mass is 127. The van der Waals surface area contributed by atoms with E-state index in [0.717, 1.165) is 68.0 Å². The summed E-state index contributed by atoms with van der Waals surface area (Å²) >= 11 is 0. The fraction of sp³-hybridized carbons (Fsp3) is 0.571. The molecule has 1 aromatic carbocycles. The van der Waals surface area contributed by atoms with Crippen LogP contribution in [0, 0.1) is 6.92 Å². The lowest BCUT2D eigenvalue weighted by Gasteiger charge is -2.32. The first kappa shape index (κ1) is 24.2. The molecule has 1 aliphatic heterocycles. The van der Waals surface area contributed by atoms with Crippen LogP contribution in [-0.4, -0.2) is 52.9 Å². The van der Waals surface area contributed by atoms with Crippen LogP contribution >= 0.6 is 24.0 Å². The first-order valence-corrected chi connectivity index (χ1v) is 10.2. The molecule has 0 saturated carbocycles. The fourth-order valence-corrected chi connectivity index (χ4v) is 3.44. The van der Waals surface area contributed by atoms with Gasteiger partial charge in [0.15, 0.2) is 23.3 Å². The number of hydrogen-bond acceptors (Lipinski definition) is 5. The zero-order valence-electron chi connectivity index (χ0n) is 18.6. The van der Waals surface area contributed by atoms with Gasteiger partial charge in [-0.3, -0.25) is 0 Å². The van der Waals surface area contributed by atoms with Crippen molar-refractivity contribution in [2.75, 3.05) is 27.3 Å². The number of ether oxygens (including phenoxy) is 2. The summed E-state index contributed by atoms with van der Waals surface area (Å²) in [5, 5.41) is 11.9. The van der Waals surface area contributed by atoms with E-state index in [1.807, 2.05) is 18.5 Å². The van der Waals surface area contributed by atoms with Gasteiger partial charge in [0.25, 0.3) is 0 Å². The van der Waals surface area contributed by atoms with Gasteiger partial charge in [-0.05, 0) is 43.0 Å². The summed E-state index contributed by atoms with van der Waals surface area (Å²) in [6, 6.07) is 4.17. The van der Waals surface area contributed by atoms with E-state index >= 15 is 0 Å². The number of hydrogen-bond donors (Lipinski definition) is 1. The van der Waals surface area contributed by atoms with Crippen molar-refractivity contribution < 1.29 is 9.47 Å². The molecule has 1 N–H and O–H groups in total. The van der Waals surface area contributed by atoms with Crippen molar-refractivity contribution in [3.8, 4) is 11.5 Å². The first-order chi connectivity index (χ1) is 14.1. The van der Waals surface area contributed by atoms with Crippen molar-refractivity contribution in [1.29, 1.82) is 0 Å². The molecule has 0 aliphatic carbocycles. The molecular weight excluding hydrogens is 495 g/mol. The van der Waals surface area contributed by atoms with Crippen LogP contribution in [0.4, 0.5) is 0 Å². The van der Waals surface area contributed by atoms with Crippen LogP contribution in [0.25, 0.3) is 0 Å². The summed E-state index contributed by atoms with van der Waals surface area (Å²) in [7, 11) is 5.32. The number of unbranched alkanes of at least 4 members (excludes halogenated alkanes) is 1. The maximum atomic E-state index is 5.49. The Morgan fingerprint density at radius 2 is 1.87 bits per heavy atom. The second-order valence-corrected chi connectivity index (χ2v) is 7.29. The molecule has 0 saturated heterocycles. The van der Waals surface area contributed by atoms with Crippen LogP contribution in [0.1, 0.15) is 42.5 Å². The fourth-order valence-electron chi connectivity index (χ4n) is 3.44.